The number of thiazole rings is 1. The van der Waals surface area contributed by atoms with Gasteiger partial charge in [-0.2, -0.15) is 9.97 Å². The SMILES string of the molecule is C=CC(=O)OCC(C)Nc1nc(NCC)nc(NCC)c1N=Nc1nn(-c2nc3ccccc3s2)cc1C(=O)O. The number of aromatic nitrogens is 5. The number of esters is 1. The molecule has 1 atom stereocenters. The topological polar surface area (TPSA) is 181 Å². The molecule has 208 valence electrons. The van der Waals surface area contributed by atoms with E-state index < -0.39 is 11.9 Å². The third-order valence-corrected chi connectivity index (χ3v) is 6.26. The van der Waals surface area contributed by atoms with Gasteiger partial charge in [-0.05, 0) is 32.9 Å². The molecule has 4 N–H and O–H groups in total. The summed E-state index contributed by atoms with van der Waals surface area (Å²) in [5, 5.41) is 32.5. The van der Waals surface area contributed by atoms with E-state index in [0.717, 1.165) is 16.3 Å². The molecule has 0 amide bonds. The number of aromatic carboxylic acids is 1. The molecule has 0 spiro atoms. The van der Waals surface area contributed by atoms with Gasteiger partial charge in [0.15, 0.2) is 17.3 Å². The number of carboxylic acid groups (broad SMARTS) is 1. The van der Waals surface area contributed by atoms with Crippen LogP contribution in [0.4, 0.5) is 29.1 Å². The average molecular weight is 565 g/mol. The number of para-hydroxylation sites is 1. The zero-order valence-corrected chi connectivity index (χ0v) is 22.9. The van der Waals surface area contributed by atoms with E-state index in [4.69, 9.17) is 4.74 Å². The number of carbonyl (C=O) groups excluding carboxylic acids is 1. The minimum absolute atomic E-state index is 0.0360. The van der Waals surface area contributed by atoms with Crippen molar-refractivity contribution in [3.63, 3.8) is 0 Å². The molecule has 0 saturated carbocycles. The molecule has 0 aliphatic rings. The lowest BCUT2D eigenvalue weighted by atomic mass is 10.3. The first-order valence-electron chi connectivity index (χ1n) is 12.4. The van der Waals surface area contributed by atoms with Crippen molar-refractivity contribution in [3.8, 4) is 5.13 Å². The first-order valence-corrected chi connectivity index (χ1v) is 13.2. The molecule has 15 heteroatoms. The molecule has 40 heavy (non-hydrogen) atoms. The number of anilines is 3. The highest BCUT2D eigenvalue weighted by atomic mass is 32.1. The quantitative estimate of drug-likeness (QED) is 0.0996. The Bertz CT molecular complexity index is 1530. The highest BCUT2D eigenvalue weighted by molar-refractivity contribution is 7.20. The molecule has 3 aromatic heterocycles. The Hall–Kier alpha value is -4.92. The lowest BCUT2D eigenvalue weighted by molar-refractivity contribution is -0.137. The molecule has 0 aliphatic heterocycles. The molecule has 1 unspecified atom stereocenters. The van der Waals surface area contributed by atoms with Crippen molar-refractivity contribution in [2.24, 2.45) is 10.2 Å². The van der Waals surface area contributed by atoms with Crippen molar-refractivity contribution in [1.82, 2.24) is 24.7 Å². The van der Waals surface area contributed by atoms with E-state index in [1.807, 2.05) is 38.1 Å². The summed E-state index contributed by atoms with van der Waals surface area (Å²) in [5.74, 6) is -0.913. The molecule has 0 radical (unpaired) electrons. The minimum atomic E-state index is -1.22. The zero-order chi connectivity index (χ0) is 28.6. The fraction of sp³-hybridized carbons (Fsp3) is 0.280. The van der Waals surface area contributed by atoms with Gasteiger partial charge in [0.05, 0.1) is 22.5 Å². The molecule has 1 aromatic carbocycles. The molecule has 4 aromatic rings. The first kappa shape index (κ1) is 28.1. The number of rotatable bonds is 13. The fourth-order valence-corrected chi connectivity index (χ4v) is 4.35. The van der Waals surface area contributed by atoms with Crippen LogP contribution in [0.3, 0.4) is 0 Å². The third kappa shape index (κ3) is 6.55. The van der Waals surface area contributed by atoms with Gasteiger partial charge in [0, 0.05) is 19.2 Å². The Kier molecular flexibility index (Phi) is 8.96. The predicted octanol–water partition coefficient (Wildman–Crippen LogP) is 4.78. The van der Waals surface area contributed by atoms with Crippen LogP contribution in [0.2, 0.25) is 0 Å². The number of nitrogens with one attached hydrogen (secondary N) is 3. The van der Waals surface area contributed by atoms with Gasteiger partial charge in [-0.1, -0.05) is 30.0 Å². The summed E-state index contributed by atoms with van der Waals surface area (Å²) in [6.45, 7) is 10.1. The number of benzene rings is 1. The van der Waals surface area contributed by atoms with E-state index in [-0.39, 0.29) is 35.5 Å². The van der Waals surface area contributed by atoms with Crippen LogP contribution in [-0.2, 0) is 9.53 Å². The van der Waals surface area contributed by atoms with Gasteiger partial charge in [-0.15, -0.1) is 15.3 Å². The largest absolute Gasteiger partial charge is 0.477 e. The maximum atomic E-state index is 12.0. The number of hydrogen-bond donors (Lipinski definition) is 4. The van der Waals surface area contributed by atoms with Gasteiger partial charge in [0.1, 0.15) is 12.2 Å². The van der Waals surface area contributed by atoms with Crippen molar-refractivity contribution in [3.05, 3.63) is 48.7 Å². The molecule has 0 aliphatic carbocycles. The highest BCUT2D eigenvalue weighted by Gasteiger charge is 2.21. The van der Waals surface area contributed by atoms with Crippen LogP contribution >= 0.6 is 11.3 Å². The summed E-state index contributed by atoms with van der Waals surface area (Å²) in [6.07, 6.45) is 2.43. The standard InChI is InChI=1S/C25H28N10O4S/c1-5-18(36)39-13-14(4)28-22-19(21(26-6-2)30-24(31-22)27-7-3)32-33-20-15(23(37)38)12-35(34-20)25-29-16-10-8-9-11-17(16)40-25/h5,8-12,14H,1,6-7,13H2,2-4H3,(H,37,38)(H3,26,27,28,30,31). The molecule has 4 rings (SSSR count). The average Bonchev–Trinajstić information content (AvgIpc) is 3.56. The van der Waals surface area contributed by atoms with Crippen LogP contribution in [0.5, 0.6) is 0 Å². The second-order valence-electron chi connectivity index (χ2n) is 8.31. The van der Waals surface area contributed by atoms with Crippen molar-refractivity contribution >= 4 is 62.6 Å². The summed E-state index contributed by atoms with van der Waals surface area (Å²) in [4.78, 5) is 37.0. The van der Waals surface area contributed by atoms with E-state index in [2.05, 4.69) is 52.8 Å². The minimum Gasteiger partial charge on any atom is -0.477 e. The van der Waals surface area contributed by atoms with E-state index in [9.17, 15) is 14.7 Å². The number of fused-ring (bicyclic) bond motifs is 1. The fourth-order valence-electron chi connectivity index (χ4n) is 3.46. The number of ether oxygens (including phenoxy) is 1. The lowest BCUT2D eigenvalue weighted by Gasteiger charge is -2.18. The summed E-state index contributed by atoms with van der Waals surface area (Å²) < 4.78 is 7.43. The van der Waals surface area contributed by atoms with Gasteiger partial charge in [-0.3, -0.25) is 0 Å². The summed E-state index contributed by atoms with van der Waals surface area (Å²) in [7, 11) is 0. The monoisotopic (exact) mass is 564 g/mol. The summed E-state index contributed by atoms with van der Waals surface area (Å²) in [5.41, 5.74) is 0.837. The summed E-state index contributed by atoms with van der Waals surface area (Å²) >= 11 is 1.37. The van der Waals surface area contributed by atoms with Gasteiger partial charge < -0.3 is 25.8 Å². The van der Waals surface area contributed by atoms with Crippen LogP contribution in [-0.4, -0.2) is 67.5 Å². The first-order chi connectivity index (χ1) is 19.3. The number of azo groups is 1. The van der Waals surface area contributed by atoms with Crippen molar-refractivity contribution in [1.29, 1.82) is 0 Å². The van der Waals surface area contributed by atoms with Gasteiger partial charge in [0.2, 0.25) is 16.9 Å². The molecule has 0 bridgehead atoms. The molecule has 14 nitrogen and oxygen atoms in total. The number of hydrogen-bond acceptors (Lipinski definition) is 13. The van der Waals surface area contributed by atoms with Gasteiger partial charge in [0.25, 0.3) is 0 Å². The molecular weight excluding hydrogens is 536 g/mol. The maximum absolute atomic E-state index is 12.0. The van der Waals surface area contributed by atoms with Crippen LogP contribution < -0.4 is 16.0 Å². The normalized spacial score (nSPS) is 11.9. The zero-order valence-electron chi connectivity index (χ0n) is 22.1. The predicted molar refractivity (Wildman–Crippen MR) is 152 cm³/mol. The Labute approximate surface area is 233 Å². The second-order valence-corrected chi connectivity index (χ2v) is 9.32. The lowest BCUT2D eigenvalue weighted by Crippen LogP contribution is -2.24. The smallest absolute Gasteiger partial charge is 0.341 e. The molecule has 3 heterocycles. The van der Waals surface area contributed by atoms with Crippen molar-refractivity contribution < 1.29 is 19.4 Å². The summed E-state index contributed by atoms with van der Waals surface area (Å²) in [6, 6.07) is 7.19. The Morgan fingerprint density at radius 1 is 1.15 bits per heavy atom. The van der Waals surface area contributed by atoms with E-state index in [1.165, 1.54) is 22.2 Å². The third-order valence-electron chi connectivity index (χ3n) is 5.24. The van der Waals surface area contributed by atoms with Crippen molar-refractivity contribution in [2.45, 2.75) is 26.8 Å². The van der Waals surface area contributed by atoms with Crippen LogP contribution in [0.1, 0.15) is 31.1 Å². The number of carbonyl (C=O) groups is 2. The second kappa shape index (κ2) is 12.8. The molecular formula is C25H28N10O4S. The van der Waals surface area contributed by atoms with Gasteiger partial charge in [-0.25, -0.2) is 19.3 Å². The van der Waals surface area contributed by atoms with E-state index >= 15 is 0 Å². The Balaban J connectivity index is 1.73. The number of nitrogens with zero attached hydrogens (tertiary/aromatic N) is 7. The highest BCUT2D eigenvalue weighted by Crippen LogP contribution is 2.35. The molecule has 0 saturated heterocycles. The maximum Gasteiger partial charge on any atom is 0.341 e. The van der Waals surface area contributed by atoms with Gasteiger partial charge >= 0.3 is 11.9 Å². The van der Waals surface area contributed by atoms with Crippen LogP contribution in [0, 0.1) is 0 Å². The van der Waals surface area contributed by atoms with Crippen LogP contribution in [0.15, 0.2) is 53.3 Å². The van der Waals surface area contributed by atoms with E-state index in [1.54, 1.807) is 6.92 Å². The number of carboxylic acids is 1. The van der Waals surface area contributed by atoms with Crippen LogP contribution in [0.25, 0.3) is 15.3 Å². The van der Waals surface area contributed by atoms with E-state index in [0.29, 0.717) is 30.0 Å². The Morgan fingerprint density at radius 2 is 1.90 bits per heavy atom. The van der Waals surface area contributed by atoms with Crippen molar-refractivity contribution in [2.75, 3.05) is 35.6 Å². The Morgan fingerprint density at radius 3 is 2.60 bits per heavy atom. The molecule has 0 fully saturated rings.